The van der Waals surface area contributed by atoms with E-state index in [-0.39, 0.29) is 41.2 Å². The number of ketones is 1. The van der Waals surface area contributed by atoms with Crippen molar-refractivity contribution in [2.24, 2.45) is 11.8 Å². The molecule has 1 saturated carbocycles. The van der Waals surface area contributed by atoms with E-state index in [0.717, 1.165) is 12.0 Å². The summed E-state index contributed by atoms with van der Waals surface area (Å²) in [5, 5.41) is 0. The summed E-state index contributed by atoms with van der Waals surface area (Å²) >= 11 is 0. The van der Waals surface area contributed by atoms with E-state index in [1.807, 2.05) is 17.0 Å². The highest BCUT2D eigenvalue weighted by atomic mass is 19.1. The van der Waals surface area contributed by atoms with Crippen LogP contribution in [0.25, 0.3) is 0 Å². The molecular formula is C28H26FNO2. The number of carbonyl (C=O) groups excluding carboxylic acids is 2. The Labute approximate surface area is 187 Å². The van der Waals surface area contributed by atoms with E-state index in [2.05, 4.69) is 48.5 Å². The fraction of sp³-hybridized carbons (Fsp3) is 0.286. The maximum Gasteiger partial charge on any atom is 0.227 e. The minimum absolute atomic E-state index is 0.00571. The van der Waals surface area contributed by atoms with Crippen LogP contribution in [0.1, 0.15) is 29.5 Å². The van der Waals surface area contributed by atoms with E-state index in [0.29, 0.717) is 19.5 Å². The minimum atomic E-state index is -0.311. The first-order chi connectivity index (χ1) is 15.6. The summed E-state index contributed by atoms with van der Waals surface area (Å²) in [6, 6.07) is 26.9. The Bertz CT molecular complexity index is 1070. The molecule has 1 aliphatic carbocycles. The molecule has 162 valence electrons. The molecule has 32 heavy (non-hydrogen) atoms. The Morgan fingerprint density at radius 2 is 1.47 bits per heavy atom. The third kappa shape index (κ3) is 3.54. The van der Waals surface area contributed by atoms with E-state index >= 15 is 0 Å². The Morgan fingerprint density at radius 3 is 2.06 bits per heavy atom. The molecule has 3 nitrogen and oxygen atoms in total. The normalized spacial score (nSPS) is 21.9. The van der Waals surface area contributed by atoms with Crippen molar-refractivity contribution in [1.29, 1.82) is 0 Å². The fourth-order valence-electron chi connectivity index (χ4n) is 5.77. The van der Waals surface area contributed by atoms with Gasteiger partial charge in [0.15, 0.2) is 0 Å². The van der Waals surface area contributed by atoms with Crippen LogP contribution in [-0.2, 0) is 21.4 Å². The second kappa shape index (κ2) is 8.34. The molecule has 0 radical (unpaired) electrons. The van der Waals surface area contributed by atoms with Crippen molar-refractivity contribution >= 4 is 11.7 Å². The van der Waals surface area contributed by atoms with Gasteiger partial charge in [0.05, 0.1) is 6.42 Å². The van der Waals surface area contributed by atoms with Gasteiger partial charge >= 0.3 is 0 Å². The first-order valence-electron chi connectivity index (χ1n) is 11.2. The van der Waals surface area contributed by atoms with Crippen molar-refractivity contribution in [3.63, 3.8) is 0 Å². The number of rotatable bonds is 4. The average molecular weight is 428 g/mol. The Hall–Kier alpha value is -3.27. The van der Waals surface area contributed by atoms with Gasteiger partial charge in [-0.15, -0.1) is 0 Å². The van der Waals surface area contributed by atoms with Crippen LogP contribution >= 0.6 is 0 Å². The topological polar surface area (TPSA) is 37.4 Å². The fourth-order valence-corrected chi connectivity index (χ4v) is 5.77. The van der Waals surface area contributed by atoms with E-state index in [1.165, 1.54) is 23.3 Å². The quantitative estimate of drug-likeness (QED) is 0.600. The Morgan fingerprint density at radius 1 is 0.875 bits per heavy atom. The lowest BCUT2D eigenvalue weighted by atomic mass is 9.56. The predicted octanol–water partition coefficient (Wildman–Crippen LogP) is 4.79. The van der Waals surface area contributed by atoms with Crippen molar-refractivity contribution in [2.45, 2.75) is 24.7 Å². The van der Waals surface area contributed by atoms with Crippen LogP contribution in [0.3, 0.4) is 0 Å². The van der Waals surface area contributed by atoms with E-state index < -0.39 is 0 Å². The molecule has 2 aliphatic rings. The zero-order chi connectivity index (χ0) is 22.1. The highest BCUT2D eigenvalue weighted by Crippen LogP contribution is 2.52. The number of halogens is 1. The van der Waals surface area contributed by atoms with Gasteiger partial charge in [-0.05, 0) is 35.2 Å². The lowest BCUT2D eigenvalue weighted by molar-refractivity contribution is -0.129. The molecule has 0 N–H and O–H groups in total. The second-order valence-corrected chi connectivity index (χ2v) is 8.98. The molecule has 4 heteroatoms. The van der Waals surface area contributed by atoms with Crippen LogP contribution < -0.4 is 0 Å². The van der Waals surface area contributed by atoms with Crippen LogP contribution in [0, 0.1) is 17.7 Å². The van der Waals surface area contributed by atoms with Crippen LogP contribution in [0.4, 0.5) is 4.39 Å². The lowest BCUT2D eigenvalue weighted by Crippen LogP contribution is -2.47. The Balaban J connectivity index is 1.50. The van der Waals surface area contributed by atoms with Crippen molar-refractivity contribution in [3.8, 4) is 0 Å². The molecule has 2 atom stereocenters. The summed E-state index contributed by atoms with van der Waals surface area (Å²) in [6.45, 7) is 1.02. The van der Waals surface area contributed by atoms with E-state index in [1.54, 1.807) is 12.1 Å². The minimum Gasteiger partial charge on any atom is -0.341 e. The number of amides is 1. The first kappa shape index (κ1) is 20.6. The van der Waals surface area contributed by atoms with Crippen LogP contribution in [-0.4, -0.2) is 29.7 Å². The number of Topliss-reactive ketones (excluding diaryl/α,β-unsaturated/α-hetero) is 1. The molecule has 1 aliphatic heterocycles. The summed E-state index contributed by atoms with van der Waals surface area (Å²) in [5.41, 5.74) is 2.91. The Kier molecular flexibility index (Phi) is 5.38. The summed E-state index contributed by atoms with van der Waals surface area (Å²) in [7, 11) is 0. The van der Waals surface area contributed by atoms with Gasteiger partial charge in [-0.1, -0.05) is 72.8 Å². The third-order valence-corrected chi connectivity index (χ3v) is 7.33. The SMILES string of the molecule is O=C1CCC(c2ccccc2)(c2ccccc2)C2CN(C(=O)Cc3ccc(F)cc3)CC12. The van der Waals surface area contributed by atoms with Gasteiger partial charge in [-0.2, -0.15) is 0 Å². The van der Waals surface area contributed by atoms with Crippen molar-refractivity contribution < 1.29 is 14.0 Å². The van der Waals surface area contributed by atoms with Crippen molar-refractivity contribution in [3.05, 3.63) is 107 Å². The molecule has 2 unspecified atom stereocenters. The van der Waals surface area contributed by atoms with Crippen LogP contribution in [0.15, 0.2) is 84.9 Å². The number of fused-ring (bicyclic) bond motifs is 1. The molecular weight excluding hydrogens is 401 g/mol. The summed E-state index contributed by atoms with van der Waals surface area (Å²) in [6.07, 6.45) is 1.49. The van der Waals surface area contributed by atoms with Crippen LogP contribution in [0.5, 0.6) is 0 Å². The smallest absolute Gasteiger partial charge is 0.227 e. The highest BCUT2D eigenvalue weighted by Gasteiger charge is 2.55. The molecule has 2 fully saturated rings. The molecule has 1 heterocycles. The molecule has 0 spiro atoms. The van der Waals surface area contributed by atoms with Crippen molar-refractivity contribution in [1.82, 2.24) is 4.90 Å². The van der Waals surface area contributed by atoms with Gasteiger partial charge in [-0.3, -0.25) is 9.59 Å². The van der Waals surface area contributed by atoms with Gasteiger partial charge < -0.3 is 4.90 Å². The molecule has 1 saturated heterocycles. The average Bonchev–Trinajstić information content (AvgIpc) is 3.29. The summed E-state index contributed by atoms with van der Waals surface area (Å²) < 4.78 is 13.2. The molecule has 0 aromatic heterocycles. The maximum atomic E-state index is 13.2. The number of nitrogens with zero attached hydrogens (tertiary/aromatic N) is 1. The van der Waals surface area contributed by atoms with Gasteiger partial charge in [0.1, 0.15) is 11.6 Å². The largest absolute Gasteiger partial charge is 0.341 e. The predicted molar refractivity (Wildman–Crippen MR) is 122 cm³/mol. The summed E-state index contributed by atoms with van der Waals surface area (Å²) in [5.74, 6) is -0.190. The molecule has 1 amide bonds. The summed E-state index contributed by atoms with van der Waals surface area (Å²) in [4.78, 5) is 28.0. The monoisotopic (exact) mass is 427 g/mol. The number of hydrogen-bond donors (Lipinski definition) is 0. The standard InChI is InChI=1S/C28H26FNO2/c29-23-13-11-20(12-14-23)17-27(32)30-18-24-25(19-30)28(16-15-26(24)31,21-7-3-1-4-8-21)22-9-5-2-6-10-22/h1-14,24-25H,15-19H2. The second-order valence-electron chi connectivity index (χ2n) is 8.98. The molecule has 5 rings (SSSR count). The highest BCUT2D eigenvalue weighted by molar-refractivity contribution is 5.86. The van der Waals surface area contributed by atoms with Crippen LogP contribution in [0.2, 0.25) is 0 Å². The number of carbonyl (C=O) groups is 2. The number of benzene rings is 3. The van der Waals surface area contributed by atoms with Crippen molar-refractivity contribution in [2.75, 3.05) is 13.1 Å². The lowest BCUT2D eigenvalue weighted by Gasteiger charge is -2.45. The van der Waals surface area contributed by atoms with Gasteiger partial charge in [0.2, 0.25) is 5.91 Å². The van der Waals surface area contributed by atoms with Gasteiger partial charge in [0.25, 0.3) is 0 Å². The molecule has 3 aromatic rings. The zero-order valence-electron chi connectivity index (χ0n) is 17.9. The number of hydrogen-bond acceptors (Lipinski definition) is 2. The molecule has 3 aromatic carbocycles. The van der Waals surface area contributed by atoms with Gasteiger partial charge in [-0.25, -0.2) is 4.39 Å². The number of likely N-dealkylation sites (tertiary alicyclic amines) is 1. The maximum absolute atomic E-state index is 13.2. The van der Waals surface area contributed by atoms with Gasteiger partial charge in [0, 0.05) is 36.8 Å². The van der Waals surface area contributed by atoms with E-state index in [4.69, 9.17) is 0 Å². The molecule has 0 bridgehead atoms. The van der Waals surface area contributed by atoms with E-state index in [9.17, 15) is 14.0 Å². The third-order valence-electron chi connectivity index (χ3n) is 7.33. The first-order valence-corrected chi connectivity index (χ1v) is 11.2. The zero-order valence-corrected chi connectivity index (χ0v) is 17.9.